The van der Waals surface area contributed by atoms with Crippen LogP contribution in [-0.4, -0.2) is 82.5 Å². The molecule has 2 aliphatic heterocycles. The van der Waals surface area contributed by atoms with Gasteiger partial charge in [0.25, 0.3) is 5.91 Å². The number of nitrogens with zero attached hydrogens (tertiary/aromatic N) is 6. The van der Waals surface area contributed by atoms with Crippen LogP contribution in [0.3, 0.4) is 0 Å². The summed E-state index contributed by atoms with van der Waals surface area (Å²) in [5.74, 6) is 1.22. The van der Waals surface area contributed by atoms with E-state index in [1.54, 1.807) is 30.7 Å². The zero-order valence-corrected chi connectivity index (χ0v) is 23.3. The van der Waals surface area contributed by atoms with E-state index in [0.717, 1.165) is 48.6 Å². The first kappa shape index (κ1) is 26.7. The third-order valence-corrected chi connectivity index (χ3v) is 8.54. The quantitative estimate of drug-likeness (QED) is 0.319. The summed E-state index contributed by atoms with van der Waals surface area (Å²) in [7, 11) is 0. The number of aliphatic hydroxyl groups is 1. The number of aliphatic hydroxyl groups excluding tert-OH is 1. The fourth-order valence-electron chi connectivity index (χ4n) is 6.04. The fraction of sp³-hybridized carbons (Fsp3) is 0.387. The van der Waals surface area contributed by atoms with E-state index in [1.165, 1.54) is 0 Å². The summed E-state index contributed by atoms with van der Waals surface area (Å²) in [6.07, 6.45) is 8.74. The Kier molecular flexibility index (Phi) is 7.14. The Bertz CT molecular complexity index is 1590. The molecule has 4 N–H and O–H groups in total. The van der Waals surface area contributed by atoms with Gasteiger partial charge in [-0.15, -0.1) is 0 Å². The van der Waals surface area contributed by atoms with Crippen LogP contribution in [0.5, 0.6) is 0 Å². The molecule has 4 aromatic heterocycles. The van der Waals surface area contributed by atoms with Crippen LogP contribution < -0.4 is 20.9 Å². The molecule has 6 heterocycles. The lowest BCUT2D eigenvalue weighted by atomic mass is 9.87. The van der Waals surface area contributed by atoms with Crippen LogP contribution in [0.2, 0.25) is 0 Å². The molecule has 42 heavy (non-hydrogen) atoms. The van der Waals surface area contributed by atoms with Crippen LogP contribution in [0.1, 0.15) is 23.3 Å². The van der Waals surface area contributed by atoms with Gasteiger partial charge in [0.2, 0.25) is 0 Å². The van der Waals surface area contributed by atoms with E-state index >= 15 is 0 Å². The molecule has 1 saturated carbocycles. The van der Waals surface area contributed by atoms with Crippen LogP contribution in [0, 0.1) is 11.8 Å². The van der Waals surface area contributed by atoms with Crippen LogP contribution >= 0.6 is 0 Å². The highest BCUT2D eigenvalue weighted by Crippen LogP contribution is 2.42. The van der Waals surface area contributed by atoms with Gasteiger partial charge < -0.3 is 30.7 Å². The summed E-state index contributed by atoms with van der Waals surface area (Å²) in [6.45, 7) is 4.27. The van der Waals surface area contributed by atoms with Crippen LogP contribution in [0.4, 0.5) is 17.2 Å². The van der Waals surface area contributed by atoms with Crippen LogP contribution in [0.15, 0.2) is 61.2 Å². The lowest BCUT2D eigenvalue weighted by Gasteiger charge is -2.42. The van der Waals surface area contributed by atoms with Gasteiger partial charge >= 0.3 is 0 Å². The van der Waals surface area contributed by atoms with E-state index in [4.69, 9.17) is 10.5 Å². The van der Waals surface area contributed by atoms with Gasteiger partial charge in [-0.05, 0) is 55.2 Å². The molecule has 2 saturated heterocycles. The maximum atomic E-state index is 13.4. The van der Waals surface area contributed by atoms with Gasteiger partial charge in [0.15, 0.2) is 0 Å². The number of carbonyl (C=O) groups is 1. The monoisotopic (exact) mass is 566 g/mol. The Morgan fingerprint density at radius 3 is 2.57 bits per heavy atom. The molecule has 0 spiro atoms. The third-order valence-electron chi connectivity index (χ3n) is 8.54. The smallest absolute Gasteiger partial charge is 0.274 e. The number of amides is 1. The Hall–Kier alpha value is -4.19. The maximum Gasteiger partial charge on any atom is 0.274 e. The molecule has 1 aliphatic carbocycles. The number of carbonyl (C=O) groups excluding carboxylic acids is 1. The number of nitrogens with one attached hydrogen (secondary N) is 1. The van der Waals surface area contributed by atoms with E-state index in [2.05, 4.69) is 35.1 Å². The molecule has 216 valence electrons. The number of fused-ring (bicyclic) bond motifs is 1. The van der Waals surface area contributed by atoms with Crippen LogP contribution in [0.25, 0.3) is 22.2 Å². The number of morpholine rings is 1. The van der Waals surface area contributed by atoms with Crippen molar-refractivity contribution in [1.29, 1.82) is 0 Å². The first-order chi connectivity index (χ1) is 20.5. The standard InChI is InChI=1S/C31H34N8O3/c32-23-18-39(17-22(30(23)40)19-1-2-19)28-7-8-33-16-27(28)37-31(41)25-5-4-24-26(36-25)13-21(15-34-24)20-3-6-29(35-14-20)38-9-11-42-12-10-38/h3-8,13-16,19,22-23,30,40H,1-2,9-12,17-18,32H2,(H,37,41)/t22?,23-,30-/m1/s1. The fourth-order valence-corrected chi connectivity index (χ4v) is 6.04. The summed E-state index contributed by atoms with van der Waals surface area (Å²) in [5, 5.41) is 13.7. The summed E-state index contributed by atoms with van der Waals surface area (Å²) < 4.78 is 5.44. The highest BCUT2D eigenvalue weighted by Gasteiger charge is 2.43. The average molecular weight is 567 g/mol. The van der Waals surface area contributed by atoms with Gasteiger partial charge in [-0.3, -0.25) is 14.8 Å². The van der Waals surface area contributed by atoms with Crippen molar-refractivity contribution in [1.82, 2.24) is 19.9 Å². The van der Waals surface area contributed by atoms with Crippen LogP contribution in [-0.2, 0) is 4.74 Å². The molecule has 7 rings (SSSR count). The summed E-state index contributed by atoms with van der Waals surface area (Å²) in [5.41, 5.74) is 11.1. The molecule has 0 aromatic carbocycles. The molecule has 3 atom stereocenters. The number of ether oxygens (including phenoxy) is 1. The second kappa shape index (κ2) is 11.2. The average Bonchev–Trinajstić information content (AvgIpc) is 3.88. The first-order valence-electron chi connectivity index (χ1n) is 14.5. The predicted molar refractivity (Wildman–Crippen MR) is 160 cm³/mol. The van der Waals surface area contributed by atoms with Gasteiger partial charge in [-0.1, -0.05) is 0 Å². The largest absolute Gasteiger partial charge is 0.391 e. The SMILES string of the molecule is N[C@@H]1CN(c2ccncc2NC(=O)c2ccc3ncc(-c4ccc(N5CCOCC5)nc4)cc3n2)CC(C2CC2)[C@H]1O. The van der Waals surface area contributed by atoms with Gasteiger partial charge in [0.05, 0.1) is 47.9 Å². The van der Waals surface area contributed by atoms with E-state index in [1.807, 2.05) is 30.5 Å². The molecule has 11 nitrogen and oxygen atoms in total. The number of aromatic nitrogens is 4. The number of hydrogen-bond donors (Lipinski definition) is 3. The molecule has 0 radical (unpaired) electrons. The summed E-state index contributed by atoms with van der Waals surface area (Å²) in [4.78, 5) is 35.9. The zero-order valence-electron chi connectivity index (χ0n) is 23.3. The van der Waals surface area contributed by atoms with Gasteiger partial charge in [0.1, 0.15) is 11.5 Å². The minimum Gasteiger partial charge on any atom is -0.391 e. The highest BCUT2D eigenvalue weighted by molar-refractivity contribution is 6.05. The number of anilines is 3. The Labute approximate surface area is 243 Å². The van der Waals surface area contributed by atoms with E-state index in [9.17, 15) is 9.90 Å². The first-order valence-corrected chi connectivity index (χ1v) is 14.5. The van der Waals surface area contributed by atoms with Crippen molar-refractivity contribution in [3.05, 3.63) is 66.9 Å². The summed E-state index contributed by atoms with van der Waals surface area (Å²) >= 11 is 0. The number of nitrogens with two attached hydrogens (primary N) is 1. The Balaban J connectivity index is 1.10. The van der Waals surface area contributed by atoms with Gasteiger partial charge in [0, 0.05) is 67.9 Å². The van der Waals surface area contributed by atoms with Crippen molar-refractivity contribution in [2.24, 2.45) is 17.6 Å². The van der Waals surface area contributed by atoms with Crippen molar-refractivity contribution >= 4 is 34.1 Å². The molecule has 0 bridgehead atoms. The van der Waals surface area contributed by atoms with E-state index < -0.39 is 6.10 Å². The minimum atomic E-state index is -0.507. The number of piperidine rings is 1. The number of hydrogen-bond acceptors (Lipinski definition) is 10. The molecule has 4 aromatic rings. The maximum absolute atomic E-state index is 13.4. The molecule has 3 fully saturated rings. The van der Waals surface area contributed by atoms with E-state index in [0.29, 0.717) is 48.9 Å². The van der Waals surface area contributed by atoms with Crippen molar-refractivity contribution < 1.29 is 14.6 Å². The van der Waals surface area contributed by atoms with E-state index in [-0.39, 0.29) is 23.6 Å². The predicted octanol–water partition coefficient (Wildman–Crippen LogP) is 2.71. The van der Waals surface area contributed by atoms with Crippen molar-refractivity contribution in [2.45, 2.75) is 25.0 Å². The number of pyridine rings is 4. The molecule has 1 unspecified atom stereocenters. The molecular formula is C31H34N8O3. The lowest BCUT2D eigenvalue weighted by Crippen LogP contribution is -2.57. The third kappa shape index (κ3) is 5.38. The van der Waals surface area contributed by atoms with Crippen molar-refractivity contribution in [3.63, 3.8) is 0 Å². The molecule has 1 amide bonds. The number of rotatable bonds is 6. The topological polar surface area (TPSA) is 143 Å². The minimum absolute atomic E-state index is 0.125. The molecular weight excluding hydrogens is 532 g/mol. The Morgan fingerprint density at radius 1 is 0.952 bits per heavy atom. The second-order valence-corrected chi connectivity index (χ2v) is 11.4. The van der Waals surface area contributed by atoms with Crippen molar-refractivity contribution in [2.75, 3.05) is 54.5 Å². The zero-order chi connectivity index (χ0) is 28.6. The van der Waals surface area contributed by atoms with Gasteiger partial charge in [-0.25, -0.2) is 9.97 Å². The van der Waals surface area contributed by atoms with Gasteiger partial charge in [-0.2, -0.15) is 0 Å². The summed E-state index contributed by atoms with van der Waals surface area (Å²) in [6, 6.07) is 11.0. The molecule has 11 heteroatoms. The second-order valence-electron chi connectivity index (χ2n) is 11.4. The lowest BCUT2D eigenvalue weighted by molar-refractivity contribution is 0.0594. The highest BCUT2D eigenvalue weighted by atomic mass is 16.5. The Morgan fingerprint density at radius 2 is 1.79 bits per heavy atom. The van der Waals surface area contributed by atoms with Crippen molar-refractivity contribution in [3.8, 4) is 11.1 Å². The normalized spacial score (nSPS) is 22.8. The molecule has 3 aliphatic rings.